The summed E-state index contributed by atoms with van der Waals surface area (Å²) in [6.45, 7) is 0. The Labute approximate surface area is 68.0 Å². The fourth-order valence-corrected chi connectivity index (χ4v) is 1.28. The van der Waals surface area contributed by atoms with E-state index in [0.717, 1.165) is 0 Å². The van der Waals surface area contributed by atoms with Crippen LogP contribution in [-0.4, -0.2) is 25.4 Å². The monoisotopic (exact) mass is 216 g/mol. The van der Waals surface area contributed by atoms with Crippen molar-refractivity contribution in [2.24, 2.45) is 11.5 Å². The average molecular weight is 216 g/mol. The van der Waals surface area contributed by atoms with Crippen molar-refractivity contribution >= 4 is 25.4 Å². The van der Waals surface area contributed by atoms with Crippen LogP contribution in [-0.2, 0) is 30.5 Å². The van der Waals surface area contributed by atoms with Crippen LogP contribution in [0.5, 0.6) is 0 Å². The Hall–Kier alpha value is -1.01. The molecule has 0 saturated carbocycles. The molecule has 0 rings (SSSR count). The van der Waals surface area contributed by atoms with Crippen molar-refractivity contribution in [1.82, 2.24) is 0 Å². The summed E-state index contributed by atoms with van der Waals surface area (Å²) in [6, 6.07) is 0. The summed E-state index contributed by atoms with van der Waals surface area (Å²) in [6.07, 6.45) is 0. The minimum atomic E-state index is -4.67. The maximum absolute atomic E-state index is 10.5. The number of hydrogen-bond acceptors (Lipinski definition) is 6. The fraction of sp³-hybridized carbons (Fsp3) is 0. The summed E-state index contributed by atoms with van der Waals surface area (Å²) in [5.74, 6) is 0. The van der Waals surface area contributed by atoms with E-state index in [1.165, 1.54) is 0 Å². The first-order chi connectivity index (χ1) is 5.51. The zero-order valence-electron chi connectivity index (χ0n) is 5.95. The van der Waals surface area contributed by atoms with E-state index in [-0.39, 0.29) is 20.7 Å². The Balaban J connectivity index is 6.22. The molecule has 0 heterocycles. The molecule has 0 aliphatic heterocycles. The second-order valence-corrected chi connectivity index (χ2v) is 6.98. The first-order valence-electron chi connectivity index (χ1n) is 2.51. The molecule has 0 aromatic rings. The van der Waals surface area contributed by atoms with Gasteiger partial charge in [0.25, 0.3) is 0 Å². The van der Waals surface area contributed by atoms with E-state index in [2.05, 4.69) is 0 Å². The number of nitrogens with two attached hydrogens (primary N) is 2. The molecule has 0 aromatic heterocycles. The average Bonchev–Trinajstić information content (AvgIpc) is 2.10. The third-order valence-electron chi connectivity index (χ3n) is 1.22. The van der Waals surface area contributed by atoms with Gasteiger partial charge >= 0.3 is 67.4 Å². The first-order valence-corrected chi connectivity index (χ1v) is 5.62. The molecule has 7 heteroatoms. The zero-order valence-corrected chi connectivity index (χ0v) is 7.05. The van der Waals surface area contributed by atoms with E-state index in [9.17, 15) is 19.2 Å². The normalized spacial score (nSPS) is 13.7. The van der Waals surface area contributed by atoms with Crippen LogP contribution in [0.1, 0.15) is 0 Å². The van der Waals surface area contributed by atoms with Gasteiger partial charge in [0.2, 0.25) is 0 Å². The summed E-state index contributed by atoms with van der Waals surface area (Å²) in [5.41, 5.74) is 9.96. The number of carbonyl (C=O) groups excluding carboxylic acids is 4. The van der Waals surface area contributed by atoms with Gasteiger partial charge in [0, 0.05) is 0 Å². The van der Waals surface area contributed by atoms with E-state index in [4.69, 9.17) is 11.5 Å². The predicted molar refractivity (Wildman–Crippen MR) is 40.4 cm³/mol. The SMILES string of the molecule is N[C](N)=[Fe]([CH]=O)([CH]=O)([CH]=O)[CH]=O. The van der Waals surface area contributed by atoms with E-state index in [1.54, 1.807) is 0 Å². The Morgan fingerprint density at radius 1 is 0.833 bits per heavy atom. The predicted octanol–water partition coefficient (Wildman–Crippen LogP) is -2.56. The van der Waals surface area contributed by atoms with Crippen LogP contribution < -0.4 is 11.5 Å². The van der Waals surface area contributed by atoms with E-state index >= 15 is 0 Å². The standard InChI is InChI=1S/CH4N2.4CHO.Fe/c2-1-3;4*1-2;/h2-3H2;4*1H;. The van der Waals surface area contributed by atoms with Crippen LogP contribution >= 0.6 is 0 Å². The van der Waals surface area contributed by atoms with E-state index in [0.29, 0.717) is 0 Å². The molecule has 0 saturated heterocycles. The summed E-state index contributed by atoms with van der Waals surface area (Å²) >= 11 is -4.67. The molecule has 0 bridgehead atoms. The Morgan fingerprint density at radius 3 is 1.08 bits per heavy atom. The quantitative estimate of drug-likeness (QED) is 0.394. The van der Waals surface area contributed by atoms with Gasteiger partial charge in [0.05, 0.1) is 0 Å². The molecule has 6 nitrogen and oxygen atoms in total. The van der Waals surface area contributed by atoms with E-state index in [1.807, 2.05) is 0 Å². The van der Waals surface area contributed by atoms with Gasteiger partial charge in [-0.05, 0) is 0 Å². The van der Waals surface area contributed by atoms with Gasteiger partial charge in [0.1, 0.15) is 0 Å². The Morgan fingerprint density at radius 2 is 1.08 bits per heavy atom. The first kappa shape index (κ1) is 11.0. The Kier molecular flexibility index (Phi) is 2.89. The fourth-order valence-electron chi connectivity index (χ4n) is 0.310. The topological polar surface area (TPSA) is 120 Å². The second-order valence-electron chi connectivity index (χ2n) is 1.82. The van der Waals surface area contributed by atoms with Crippen LogP contribution in [0.15, 0.2) is 0 Å². The molecular weight excluding hydrogens is 208 g/mol. The van der Waals surface area contributed by atoms with E-state index < -0.39 is 16.0 Å². The molecular formula is C5H8FeN2O4. The number of hydrogen-bond donors (Lipinski definition) is 2. The van der Waals surface area contributed by atoms with Crippen molar-refractivity contribution in [2.75, 3.05) is 0 Å². The van der Waals surface area contributed by atoms with Gasteiger partial charge < -0.3 is 0 Å². The minimum absolute atomic E-state index is 0.0505. The van der Waals surface area contributed by atoms with Gasteiger partial charge in [-0.2, -0.15) is 0 Å². The maximum atomic E-state index is 10.5. The molecule has 0 atom stereocenters. The zero-order chi connectivity index (χ0) is 9.85. The molecule has 0 fully saturated rings. The van der Waals surface area contributed by atoms with Crippen molar-refractivity contribution in [3.8, 4) is 0 Å². The molecule has 0 aliphatic rings. The van der Waals surface area contributed by atoms with Crippen LogP contribution in [0.4, 0.5) is 0 Å². The molecule has 4 N–H and O–H groups in total. The van der Waals surface area contributed by atoms with Gasteiger partial charge in [-0.25, -0.2) is 0 Å². The summed E-state index contributed by atoms with van der Waals surface area (Å²) in [4.78, 5) is 41.9. The molecule has 70 valence electrons. The number of rotatable bonds is 4. The molecule has 0 aromatic carbocycles. The molecule has 0 radical (unpaired) electrons. The Bertz CT molecular complexity index is 262. The van der Waals surface area contributed by atoms with Crippen LogP contribution in [0.2, 0.25) is 0 Å². The summed E-state index contributed by atoms with van der Waals surface area (Å²) in [5, 5.41) is -0.202. The van der Waals surface area contributed by atoms with Crippen molar-refractivity contribution in [1.29, 1.82) is 0 Å². The summed E-state index contributed by atoms with van der Waals surface area (Å²) in [7, 11) is 0. The van der Waals surface area contributed by atoms with Crippen molar-refractivity contribution < 1.29 is 30.5 Å². The van der Waals surface area contributed by atoms with Crippen molar-refractivity contribution in [2.45, 2.75) is 0 Å². The van der Waals surface area contributed by atoms with Crippen LogP contribution in [0.3, 0.4) is 0 Å². The van der Waals surface area contributed by atoms with Crippen molar-refractivity contribution in [3.05, 3.63) is 0 Å². The molecule has 0 spiro atoms. The van der Waals surface area contributed by atoms with Gasteiger partial charge in [-0.1, -0.05) is 0 Å². The van der Waals surface area contributed by atoms with Gasteiger partial charge in [-0.15, -0.1) is 0 Å². The van der Waals surface area contributed by atoms with Gasteiger partial charge in [0.15, 0.2) is 0 Å². The molecule has 12 heavy (non-hydrogen) atoms. The number of carbonyl (C=O) groups is 4. The molecule has 0 unspecified atom stereocenters. The van der Waals surface area contributed by atoms with Crippen LogP contribution in [0.25, 0.3) is 0 Å². The van der Waals surface area contributed by atoms with Crippen LogP contribution in [0, 0.1) is 0 Å². The van der Waals surface area contributed by atoms with Gasteiger partial charge in [-0.3, -0.25) is 0 Å². The van der Waals surface area contributed by atoms with Crippen molar-refractivity contribution in [3.63, 3.8) is 0 Å². The molecule has 0 amide bonds. The summed E-state index contributed by atoms with van der Waals surface area (Å²) < 4.78 is -0.715. The third-order valence-corrected chi connectivity index (χ3v) is 5.01. The molecule has 0 aliphatic carbocycles. The second kappa shape index (κ2) is 3.16. The third kappa shape index (κ3) is 1.09.